The number of carbonyl (C=O) groups excluding carboxylic acids is 1. The molecular formula is C27H31ClN4O2. The molecule has 0 spiro atoms. The molecular weight excluding hydrogens is 448 g/mol. The zero-order chi connectivity index (χ0) is 24.3. The topological polar surface area (TPSA) is 68.6 Å². The second-order valence-electron chi connectivity index (χ2n) is 10.8. The van der Waals surface area contributed by atoms with Gasteiger partial charge < -0.3 is 19.9 Å². The van der Waals surface area contributed by atoms with Gasteiger partial charge in [0.15, 0.2) is 0 Å². The highest BCUT2D eigenvalue weighted by atomic mass is 35.5. The largest absolute Gasteiger partial charge is 0.489 e. The molecule has 2 heterocycles. The van der Waals surface area contributed by atoms with E-state index in [1.807, 2.05) is 11.0 Å². The Morgan fingerprint density at radius 3 is 2.44 bits per heavy atom. The minimum Gasteiger partial charge on any atom is -0.489 e. The predicted octanol–water partition coefficient (Wildman–Crippen LogP) is 4.46. The van der Waals surface area contributed by atoms with Crippen molar-refractivity contribution in [3.8, 4) is 11.8 Å². The average molecular weight is 479 g/mol. The van der Waals surface area contributed by atoms with E-state index in [4.69, 9.17) is 21.6 Å². The lowest BCUT2D eigenvalue weighted by molar-refractivity contribution is -0.199. The van der Waals surface area contributed by atoms with Gasteiger partial charge in [-0.05, 0) is 35.9 Å². The van der Waals surface area contributed by atoms with Crippen LogP contribution in [0.2, 0.25) is 5.02 Å². The van der Waals surface area contributed by atoms with Crippen molar-refractivity contribution in [1.82, 2.24) is 10.2 Å². The van der Waals surface area contributed by atoms with Gasteiger partial charge in [-0.1, -0.05) is 39.3 Å². The van der Waals surface area contributed by atoms with Crippen LogP contribution in [0.4, 0.5) is 5.69 Å². The fourth-order valence-electron chi connectivity index (χ4n) is 6.67. The first kappa shape index (κ1) is 23.0. The molecule has 1 aliphatic carbocycles. The quantitative estimate of drug-likeness (QED) is 0.702. The third-order valence-corrected chi connectivity index (χ3v) is 8.10. The van der Waals surface area contributed by atoms with Crippen LogP contribution in [0, 0.1) is 22.2 Å². The molecule has 2 aromatic rings. The van der Waals surface area contributed by atoms with Crippen LogP contribution in [0.1, 0.15) is 49.2 Å². The van der Waals surface area contributed by atoms with Crippen molar-refractivity contribution in [3.63, 3.8) is 0 Å². The molecule has 2 aliphatic heterocycles. The Hall–Kier alpha value is -2.75. The maximum Gasteiger partial charge on any atom is 0.254 e. The van der Waals surface area contributed by atoms with E-state index in [1.165, 1.54) is 5.69 Å². The molecule has 1 amide bonds. The van der Waals surface area contributed by atoms with Gasteiger partial charge in [0.25, 0.3) is 5.91 Å². The molecule has 7 heteroatoms. The van der Waals surface area contributed by atoms with Gasteiger partial charge in [-0.3, -0.25) is 4.79 Å². The number of halogens is 1. The highest BCUT2D eigenvalue weighted by Crippen LogP contribution is 2.59. The van der Waals surface area contributed by atoms with Crippen molar-refractivity contribution < 1.29 is 9.53 Å². The molecule has 2 aromatic carbocycles. The van der Waals surface area contributed by atoms with Crippen molar-refractivity contribution in [2.24, 2.45) is 10.8 Å². The summed E-state index contributed by atoms with van der Waals surface area (Å²) in [4.78, 5) is 17.9. The van der Waals surface area contributed by atoms with E-state index in [9.17, 15) is 4.79 Å². The number of benzene rings is 2. The maximum atomic E-state index is 13.5. The first-order valence-electron chi connectivity index (χ1n) is 11.9. The molecule has 1 saturated heterocycles. The highest BCUT2D eigenvalue weighted by molar-refractivity contribution is 6.31. The third-order valence-electron chi connectivity index (χ3n) is 7.79. The fraction of sp³-hybridized carbons (Fsp3) is 0.481. The summed E-state index contributed by atoms with van der Waals surface area (Å²) in [6, 6.07) is 13.6. The number of carbonyl (C=O) groups is 1. The van der Waals surface area contributed by atoms with E-state index in [1.54, 1.807) is 18.2 Å². The Labute approximate surface area is 206 Å². The molecule has 2 fully saturated rings. The summed E-state index contributed by atoms with van der Waals surface area (Å²) in [6.07, 6.45) is -0.109. The fourth-order valence-corrected chi connectivity index (χ4v) is 6.88. The summed E-state index contributed by atoms with van der Waals surface area (Å²) in [5.74, 6) is 0.748. The van der Waals surface area contributed by atoms with Crippen LogP contribution in [0.5, 0.6) is 5.75 Å². The number of piperazine rings is 1. The molecule has 0 atom stereocenters. The summed E-state index contributed by atoms with van der Waals surface area (Å²) in [5, 5.41) is 12.9. The van der Waals surface area contributed by atoms with Crippen molar-refractivity contribution in [3.05, 3.63) is 58.1 Å². The SMILES string of the molecule is CC1(C)C(Oc2ccc(C#N)c(Cl)c2)C(C)(C)C1N1Cc2cc(N3CCNCC3)ccc2C1=O. The lowest BCUT2D eigenvalue weighted by Gasteiger charge is -2.65. The highest BCUT2D eigenvalue weighted by Gasteiger charge is 2.66. The summed E-state index contributed by atoms with van der Waals surface area (Å²) in [5.41, 5.74) is 3.02. The number of nitrogens with one attached hydrogen (secondary N) is 1. The molecule has 34 heavy (non-hydrogen) atoms. The summed E-state index contributed by atoms with van der Waals surface area (Å²) < 4.78 is 6.42. The Morgan fingerprint density at radius 2 is 1.79 bits per heavy atom. The molecule has 0 radical (unpaired) electrons. The summed E-state index contributed by atoms with van der Waals surface area (Å²) in [7, 11) is 0. The van der Waals surface area contributed by atoms with Crippen molar-refractivity contribution in [2.75, 3.05) is 31.1 Å². The van der Waals surface area contributed by atoms with Crippen molar-refractivity contribution >= 4 is 23.2 Å². The Bertz CT molecular complexity index is 1160. The smallest absolute Gasteiger partial charge is 0.254 e. The first-order chi connectivity index (χ1) is 16.1. The predicted molar refractivity (Wildman–Crippen MR) is 133 cm³/mol. The van der Waals surface area contributed by atoms with Crippen LogP contribution in [0.3, 0.4) is 0 Å². The van der Waals surface area contributed by atoms with E-state index >= 15 is 0 Å². The number of fused-ring (bicyclic) bond motifs is 1. The van der Waals surface area contributed by atoms with Crippen LogP contribution in [0.25, 0.3) is 0 Å². The minimum absolute atomic E-state index is 0.0291. The van der Waals surface area contributed by atoms with Gasteiger partial charge in [-0.15, -0.1) is 0 Å². The summed E-state index contributed by atoms with van der Waals surface area (Å²) >= 11 is 6.23. The molecule has 6 nitrogen and oxygen atoms in total. The van der Waals surface area contributed by atoms with E-state index in [0.29, 0.717) is 22.9 Å². The van der Waals surface area contributed by atoms with Gasteiger partial charge in [0.05, 0.1) is 10.6 Å². The third kappa shape index (κ3) is 3.54. The maximum absolute atomic E-state index is 13.5. The number of anilines is 1. The van der Waals surface area contributed by atoms with Crippen LogP contribution in [-0.2, 0) is 6.54 Å². The Morgan fingerprint density at radius 1 is 1.09 bits per heavy atom. The number of ether oxygens (including phenoxy) is 1. The first-order valence-corrected chi connectivity index (χ1v) is 12.3. The zero-order valence-electron chi connectivity index (χ0n) is 20.2. The van der Waals surface area contributed by atoms with E-state index in [0.717, 1.165) is 37.3 Å². The number of hydrogen-bond donors (Lipinski definition) is 1. The second kappa shape index (κ2) is 8.18. The number of nitriles is 1. The van der Waals surface area contributed by atoms with Crippen LogP contribution < -0.4 is 15.0 Å². The number of amides is 1. The molecule has 0 unspecified atom stereocenters. The zero-order valence-corrected chi connectivity index (χ0v) is 20.9. The minimum atomic E-state index is -0.261. The number of hydrogen-bond acceptors (Lipinski definition) is 5. The van der Waals surface area contributed by atoms with Gasteiger partial charge in [-0.2, -0.15) is 5.26 Å². The van der Waals surface area contributed by atoms with E-state index in [-0.39, 0.29) is 28.9 Å². The summed E-state index contributed by atoms with van der Waals surface area (Å²) in [6.45, 7) is 13.2. The molecule has 178 valence electrons. The van der Waals surface area contributed by atoms with Gasteiger partial charge in [0, 0.05) is 66.9 Å². The van der Waals surface area contributed by atoms with E-state index in [2.05, 4.69) is 56.1 Å². The molecule has 1 N–H and O–H groups in total. The normalized spacial score (nSPS) is 24.9. The van der Waals surface area contributed by atoms with Gasteiger partial charge >= 0.3 is 0 Å². The number of rotatable bonds is 4. The van der Waals surface area contributed by atoms with Crippen LogP contribution >= 0.6 is 11.6 Å². The van der Waals surface area contributed by atoms with Gasteiger partial charge in [0.1, 0.15) is 17.9 Å². The van der Waals surface area contributed by atoms with E-state index < -0.39 is 0 Å². The van der Waals surface area contributed by atoms with Gasteiger partial charge in [-0.25, -0.2) is 0 Å². The van der Waals surface area contributed by atoms with Crippen molar-refractivity contribution in [2.45, 2.75) is 46.4 Å². The van der Waals surface area contributed by atoms with Gasteiger partial charge in [0.2, 0.25) is 0 Å². The average Bonchev–Trinajstić information content (AvgIpc) is 3.12. The Balaban J connectivity index is 1.36. The monoisotopic (exact) mass is 478 g/mol. The molecule has 3 aliphatic rings. The molecule has 0 aromatic heterocycles. The lowest BCUT2D eigenvalue weighted by atomic mass is 9.49. The molecule has 0 bridgehead atoms. The lowest BCUT2D eigenvalue weighted by Crippen LogP contribution is -2.74. The van der Waals surface area contributed by atoms with Crippen LogP contribution in [0.15, 0.2) is 36.4 Å². The number of nitrogens with zero attached hydrogens (tertiary/aromatic N) is 3. The Kier molecular flexibility index (Phi) is 5.54. The van der Waals surface area contributed by atoms with Crippen molar-refractivity contribution in [1.29, 1.82) is 5.26 Å². The second-order valence-corrected chi connectivity index (χ2v) is 11.2. The standard InChI is InChI=1S/C27H31ClN4O2/c1-26(2)24(27(3,4)25(26)34-20-7-5-17(15-29)22(28)14-20)32-16-18-13-19(6-8-21(18)23(32)33)31-11-9-30-10-12-31/h5-8,13-14,24-25,30H,9-12,16H2,1-4H3. The molecule has 1 saturated carbocycles. The van der Waals surface area contributed by atoms with Crippen LogP contribution in [-0.4, -0.2) is 49.1 Å². The molecule has 5 rings (SSSR count).